The Balaban J connectivity index is 1.75. The molecule has 1 aliphatic heterocycles. The minimum absolute atomic E-state index is 0.0494. The average molecular weight is 293 g/mol. The highest BCUT2D eigenvalue weighted by molar-refractivity contribution is 5.78. The third kappa shape index (κ3) is 5.10. The third-order valence-corrected chi connectivity index (χ3v) is 3.98. The molecule has 3 N–H and O–H groups in total. The van der Waals surface area contributed by atoms with Crippen LogP contribution in [0.2, 0.25) is 0 Å². The van der Waals surface area contributed by atoms with Crippen molar-refractivity contribution in [3.8, 4) is 0 Å². The van der Waals surface area contributed by atoms with E-state index in [0.29, 0.717) is 24.6 Å². The van der Waals surface area contributed by atoms with Crippen molar-refractivity contribution in [2.24, 2.45) is 11.7 Å². The lowest BCUT2D eigenvalue weighted by atomic mass is 9.95. The molecule has 1 atom stereocenters. The summed E-state index contributed by atoms with van der Waals surface area (Å²) in [6.07, 6.45) is 3.34. The average Bonchev–Trinajstić information content (AvgIpc) is 2.47. The highest BCUT2D eigenvalue weighted by Gasteiger charge is 2.20. The number of hydrogen-bond acceptors (Lipinski definition) is 3. The Morgan fingerprint density at radius 1 is 1.43 bits per heavy atom. The van der Waals surface area contributed by atoms with Crippen LogP contribution in [-0.4, -0.2) is 37.0 Å². The van der Waals surface area contributed by atoms with E-state index in [0.717, 1.165) is 25.9 Å². The molecule has 2 rings (SSSR count). The van der Waals surface area contributed by atoms with Crippen LogP contribution in [0, 0.1) is 11.7 Å². The lowest BCUT2D eigenvalue weighted by Crippen LogP contribution is -2.42. The van der Waals surface area contributed by atoms with Gasteiger partial charge in [0.15, 0.2) is 0 Å². The van der Waals surface area contributed by atoms with Crippen LogP contribution >= 0.6 is 0 Å². The number of halogens is 1. The number of likely N-dealkylation sites (tertiary alicyclic amines) is 1. The molecule has 116 valence electrons. The first-order chi connectivity index (χ1) is 10.2. The van der Waals surface area contributed by atoms with Crippen LogP contribution < -0.4 is 11.1 Å². The predicted molar refractivity (Wildman–Crippen MR) is 81.1 cm³/mol. The molecule has 5 heteroatoms. The number of amides is 1. The zero-order valence-corrected chi connectivity index (χ0v) is 12.4. The smallest absolute Gasteiger partial charge is 0.234 e. The largest absolute Gasteiger partial charge is 0.351 e. The second kappa shape index (κ2) is 8.10. The third-order valence-electron chi connectivity index (χ3n) is 3.98. The molecule has 1 saturated heterocycles. The summed E-state index contributed by atoms with van der Waals surface area (Å²) in [4.78, 5) is 14.1. The van der Waals surface area contributed by atoms with Crippen molar-refractivity contribution in [2.75, 3.05) is 26.2 Å². The van der Waals surface area contributed by atoms with Crippen LogP contribution in [0.1, 0.15) is 24.8 Å². The van der Waals surface area contributed by atoms with Gasteiger partial charge in [-0.1, -0.05) is 18.2 Å². The first kappa shape index (κ1) is 15.9. The summed E-state index contributed by atoms with van der Waals surface area (Å²) in [7, 11) is 0. The van der Waals surface area contributed by atoms with Crippen LogP contribution in [0.4, 0.5) is 4.39 Å². The minimum atomic E-state index is -0.279. The van der Waals surface area contributed by atoms with Gasteiger partial charge in [-0.2, -0.15) is 0 Å². The van der Waals surface area contributed by atoms with E-state index in [1.165, 1.54) is 12.5 Å². The molecule has 0 bridgehead atoms. The molecule has 4 nitrogen and oxygen atoms in total. The van der Waals surface area contributed by atoms with E-state index >= 15 is 0 Å². The molecule has 1 heterocycles. The van der Waals surface area contributed by atoms with E-state index in [1.807, 2.05) is 0 Å². The van der Waals surface area contributed by atoms with E-state index in [-0.39, 0.29) is 18.3 Å². The SMILES string of the molecule is NCCC1CCCN(CC(=O)NCc2ccccc2F)C1. The Labute approximate surface area is 125 Å². The first-order valence-electron chi connectivity index (χ1n) is 7.61. The number of nitrogens with one attached hydrogen (secondary N) is 1. The monoisotopic (exact) mass is 293 g/mol. The summed E-state index contributed by atoms with van der Waals surface area (Å²) in [6.45, 7) is 3.22. The van der Waals surface area contributed by atoms with E-state index in [2.05, 4.69) is 10.2 Å². The topological polar surface area (TPSA) is 58.4 Å². The lowest BCUT2D eigenvalue weighted by Gasteiger charge is -2.32. The number of piperidine rings is 1. The van der Waals surface area contributed by atoms with Crippen LogP contribution in [0.3, 0.4) is 0 Å². The number of benzene rings is 1. The Hall–Kier alpha value is -1.46. The Bertz CT molecular complexity index is 465. The van der Waals surface area contributed by atoms with Crippen LogP contribution in [-0.2, 0) is 11.3 Å². The summed E-state index contributed by atoms with van der Waals surface area (Å²) in [5, 5.41) is 2.79. The molecule has 1 aromatic carbocycles. The Morgan fingerprint density at radius 3 is 3.00 bits per heavy atom. The summed E-state index contributed by atoms with van der Waals surface area (Å²) >= 11 is 0. The van der Waals surface area contributed by atoms with E-state index in [4.69, 9.17) is 5.73 Å². The lowest BCUT2D eigenvalue weighted by molar-refractivity contribution is -0.122. The van der Waals surface area contributed by atoms with Gasteiger partial charge >= 0.3 is 0 Å². The Morgan fingerprint density at radius 2 is 2.24 bits per heavy atom. The summed E-state index contributed by atoms with van der Waals surface area (Å²) < 4.78 is 13.5. The van der Waals surface area contributed by atoms with Gasteiger partial charge in [-0.15, -0.1) is 0 Å². The van der Waals surface area contributed by atoms with Crippen molar-refractivity contribution < 1.29 is 9.18 Å². The zero-order chi connectivity index (χ0) is 15.1. The molecule has 0 aromatic heterocycles. The minimum Gasteiger partial charge on any atom is -0.351 e. The van der Waals surface area contributed by atoms with Crippen LogP contribution in [0.15, 0.2) is 24.3 Å². The fourth-order valence-electron chi connectivity index (χ4n) is 2.86. The van der Waals surface area contributed by atoms with Crippen molar-refractivity contribution in [1.29, 1.82) is 0 Å². The fraction of sp³-hybridized carbons (Fsp3) is 0.562. The number of carbonyl (C=O) groups is 1. The van der Waals surface area contributed by atoms with Gasteiger partial charge in [-0.05, 0) is 44.3 Å². The molecular formula is C16H24FN3O. The van der Waals surface area contributed by atoms with Gasteiger partial charge in [0.05, 0.1) is 6.54 Å². The fourth-order valence-corrected chi connectivity index (χ4v) is 2.86. The standard InChI is InChI=1S/C16H24FN3O/c17-15-6-2-1-5-14(15)10-19-16(21)12-20-9-3-4-13(11-20)7-8-18/h1-2,5-6,13H,3-4,7-12,18H2,(H,19,21). The van der Waals surface area contributed by atoms with E-state index in [9.17, 15) is 9.18 Å². The molecule has 1 fully saturated rings. The van der Waals surface area contributed by atoms with Crippen LogP contribution in [0.25, 0.3) is 0 Å². The summed E-state index contributed by atoms with van der Waals surface area (Å²) in [5.41, 5.74) is 6.12. The number of hydrogen-bond donors (Lipinski definition) is 2. The maximum atomic E-state index is 13.5. The highest BCUT2D eigenvalue weighted by atomic mass is 19.1. The zero-order valence-electron chi connectivity index (χ0n) is 12.4. The molecule has 1 unspecified atom stereocenters. The maximum absolute atomic E-state index is 13.5. The second-order valence-corrected chi connectivity index (χ2v) is 5.69. The summed E-state index contributed by atoms with van der Waals surface area (Å²) in [5.74, 6) is 0.272. The molecular weight excluding hydrogens is 269 g/mol. The van der Waals surface area contributed by atoms with Crippen molar-refractivity contribution in [3.05, 3.63) is 35.6 Å². The maximum Gasteiger partial charge on any atom is 0.234 e. The van der Waals surface area contributed by atoms with E-state index in [1.54, 1.807) is 18.2 Å². The van der Waals surface area contributed by atoms with Gasteiger partial charge in [-0.25, -0.2) is 4.39 Å². The van der Waals surface area contributed by atoms with Crippen molar-refractivity contribution >= 4 is 5.91 Å². The Kier molecular flexibility index (Phi) is 6.14. The highest BCUT2D eigenvalue weighted by Crippen LogP contribution is 2.18. The first-order valence-corrected chi connectivity index (χ1v) is 7.61. The molecule has 0 aliphatic carbocycles. The molecule has 0 saturated carbocycles. The van der Waals surface area contributed by atoms with Crippen LogP contribution in [0.5, 0.6) is 0 Å². The molecule has 0 radical (unpaired) electrons. The van der Waals surface area contributed by atoms with Crippen molar-refractivity contribution in [2.45, 2.75) is 25.8 Å². The number of nitrogens with zero attached hydrogens (tertiary/aromatic N) is 1. The van der Waals surface area contributed by atoms with Gasteiger partial charge < -0.3 is 11.1 Å². The number of rotatable bonds is 6. The van der Waals surface area contributed by atoms with Crippen molar-refractivity contribution in [3.63, 3.8) is 0 Å². The summed E-state index contributed by atoms with van der Waals surface area (Å²) in [6, 6.07) is 6.51. The van der Waals surface area contributed by atoms with Gasteiger partial charge in [0, 0.05) is 18.7 Å². The van der Waals surface area contributed by atoms with E-state index < -0.39 is 0 Å². The van der Waals surface area contributed by atoms with Gasteiger partial charge in [0.2, 0.25) is 5.91 Å². The number of nitrogens with two attached hydrogens (primary N) is 1. The molecule has 1 aromatic rings. The normalized spacial score (nSPS) is 19.4. The van der Waals surface area contributed by atoms with Gasteiger partial charge in [-0.3, -0.25) is 9.69 Å². The van der Waals surface area contributed by atoms with Crippen molar-refractivity contribution in [1.82, 2.24) is 10.2 Å². The molecule has 0 spiro atoms. The number of carbonyl (C=O) groups excluding carboxylic acids is 1. The molecule has 21 heavy (non-hydrogen) atoms. The molecule has 1 amide bonds. The second-order valence-electron chi connectivity index (χ2n) is 5.69. The quantitative estimate of drug-likeness (QED) is 0.836. The predicted octanol–water partition coefficient (Wildman–Crippen LogP) is 1.50. The molecule has 1 aliphatic rings. The van der Waals surface area contributed by atoms with Gasteiger partial charge in [0.1, 0.15) is 5.82 Å². The van der Waals surface area contributed by atoms with Gasteiger partial charge in [0.25, 0.3) is 0 Å².